The lowest BCUT2D eigenvalue weighted by Crippen LogP contribution is -2.08. The fourth-order valence-corrected chi connectivity index (χ4v) is 4.16. The van der Waals surface area contributed by atoms with Crippen molar-refractivity contribution in [2.45, 2.75) is 16.4 Å². The highest BCUT2D eigenvalue weighted by Gasteiger charge is 2.24. The first kappa shape index (κ1) is 16.8. The van der Waals surface area contributed by atoms with E-state index in [1.54, 1.807) is 11.8 Å². The van der Waals surface area contributed by atoms with Crippen LogP contribution in [0, 0.1) is 0 Å². The fraction of sp³-hybridized carbons (Fsp3) is 0.0870. The summed E-state index contributed by atoms with van der Waals surface area (Å²) < 4.78 is 0. The van der Waals surface area contributed by atoms with Gasteiger partial charge in [0.25, 0.3) is 0 Å². The lowest BCUT2D eigenvalue weighted by molar-refractivity contribution is 0.175. The first-order valence-corrected chi connectivity index (χ1v) is 9.49. The molecule has 4 rings (SSSR count). The molecule has 0 fully saturated rings. The third-order valence-corrected chi connectivity index (χ3v) is 5.63. The molecule has 3 aromatic carbocycles. The van der Waals surface area contributed by atoms with E-state index in [-0.39, 0.29) is 5.25 Å². The van der Waals surface area contributed by atoms with Crippen LogP contribution in [0.1, 0.15) is 22.5 Å². The van der Waals surface area contributed by atoms with Gasteiger partial charge in [0.2, 0.25) is 0 Å². The van der Waals surface area contributed by atoms with Gasteiger partial charge in [-0.05, 0) is 23.3 Å². The molecule has 4 aromatic rings. The highest BCUT2D eigenvalue weighted by atomic mass is 32.2. The van der Waals surface area contributed by atoms with Crippen LogP contribution >= 0.6 is 11.8 Å². The van der Waals surface area contributed by atoms with Crippen molar-refractivity contribution >= 4 is 22.7 Å². The lowest BCUT2D eigenvalue weighted by atomic mass is 10.0. The maximum Gasteiger partial charge on any atom is 0.0974 e. The zero-order valence-corrected chi connectivity index (χ0v) is 15.0. The van der Waals surface area contributed by atoms with Gasteiger partial charge < -0.3 is 5.11 Å². The number of benzene rings is 3. The molecule has 0 aliphatic heterocycles. The Hall–Kier alpha value is -2.62. The van der Waals surface area contributed by atoms with Gasteiger partial charge in [-0.1, -0.05) is 96.7 Å². The second kappa shape index (κ2) is 7.73. The average Bonchev–Trinajstić information content (AvgIpc) is 2.73. The van der Waals surface area contributed by atoms with E-state index >= 15 is 0 Å². The van der Waals surface area contributed by atoms with E-state index in [1.165, 1.54) is 0 Å². The second-order valence-electron chi connectivity index (χ2n) is 6.15. The van der Waals surface area contributed by atoms with E-state index in [1.807, 2.05) is 72.8 Å². The Morgan fingerprint density at radius 1 is 0.654 bits per heavy atom. The topological polar surface area (TPSA) is 33.1 Å². The Bertz CT molecular complexity index is 988. The monoisotopic (exact) mass is 357 g/mol. The normalized spacial score (nSPS) is 13.4. The molecule has 0 bridgehead atoms. The van der Waals surface area contributed by atoms with Crippen LogP contribution in [0.4, 0.5) is 0 Å². The molecule has 1 aromatic heterocycles. The van der Waals surface area contributed by atoms with Gasteiger partial charge in [0.05, 0.1) is 21.9 Å². The van der Waals surface area contributed by atoms with Gasteiger partial charge in [-0.15, -0.1) is 0 Å². The lowest BCUT2D eigenvalue weighted by Gasteiger charge is -2.23. The van der Waals surface area contributed by atoms with Crippen molar-refractivity contribution in [3.63, 3.8) is 0 Å². The number of hydrogen-bond donors (Lipinski definition) is 1. The number of aromatic nitrogens is 1. The van der Waals surface area contributed by atoms with Crippen molar-refractivity contribution in [3.05, 3.63) is 108 Å². The summed E-state index contributed by atoms with van der Waals surface area (Å²) in [6.45, 7) is 0. The van der Waals surface area contributed by atoms with E-state index in [4.69, 9.17) is 4.98 Å². The molecule has 0 unspecified atom stereocenters. The standard InChI is InChI=1S/C23H19NOS/c25-22(18-10-3-1-4-11-18)23(19-12-5-2-6-13-19)26-21-16-15-17-9-7-8-14-20(17)24-21/h1-16,22-23,25H/t22-,23-/m1/s1. The first-order chi connectivity index (χ1) is 12.8. The van der Waals surface area contributed by atoms with Crippen LogP contribution in [-0.4, -0.2) is 10.1 Å². The smallest absolute Gasteiger partial charge is 0.0974 e. The number of aliphatic hydroxyl groups is 1. The average molecular weight is 357 g/mol. The molecule has 26 heavy (non-hydrogen) atoms. The molecule has 1 N–H and O–H groups in total. The molecular formula is C23H19NOS. The minimum absolute atomic E-state index is 0.132. The maximum absolute atomic E-state index is 11.1. The number of thioether (sulfide) groups is 1. The number of rotatable bonds is 5. The predicted molar refractivity (Wildman–Crippen MR) is 108 cm³/mol. The van der Waals surface area contributed by atoms with Crippen LogP contribution < -0.4 is 0 Å². The van der Waals surface area contributed by atoms with Crippen molar-refractivity contribution in [1.29, 1.82) is 0 Å². The van der Waals surface area contributed by atoms with E-state index in [9.17, 15) is 5.11 Å². The van der Waals surface area contributed by atoms with Gasteiger partial charge in [-0.2, -0.15) is 0 Å². The number of fused-ring (bicyclic) bond motifs is 1. The third kappa shape index (κ3) is 3.64. The molecule has 0 amide bonds. The molecule has 0 radical (unpaired) electrons. The van der Waals surface area contributed by atoms with Crippen molar-refractivity contribution in [2.24, 2.45) is 0 Å². The van der Waals surface area contributed by atoms with E-state index in [0.29, 0.717) is 0 Å². The Labute approximate surface area is 157 Å². The summed E-state index contributed by atoms with van der Waals surface area (Å²) in [5.41, 5.74) is 2.97. The molecule has 3 heteroatoms. The van der Waals surface area contributed by atoms with Crippen LogP contribution in [0.15, 0.2) is 102 Å². The van der Waals surface area contributed by atoms with Crippen LogP contribution in [-0.2, 0) is 0 Å². The van der Waals surface area contributed by atoms with Crippen molar-refractivity contribution in [3.8, 4) is 0 Å². The molecule has 0 saturated carbocycles. The Morgan fingerprint density at radius 3 is 2.00 bits per heavy atom. The molecule has 0 spiro atoms. The number of pyridine rings is 1. The number of nitrogens with zero attached hydrogens (tertiary/aromatic N) is 1. The van der Waals surface area contributed by atoms with Gasteiger partial charge in [0.1, 0.15) is 0 Å². The van der Waals surface area contributed by atoms with Crippen molar-refractivity contribution in [1.82, 2.24) is 4.98 Å². The van der Waals surface area contributed by atoms with Gasteiger partial charge in [0, 0.05) is 5.39 Å². The first-order valence-electron chi connectivity index (χ1n) is 8.62. The van der Waals surface area contributed by atoms with Crippen LogP contribution in [0.2, 0.25) is 0 Å². The molecule has 0 aliphatic rings. The molecule has 2 atom stereocenters. The predicted octanol–water partition coefficient (Wildman–Crippen LogP) is 5.80. The van der Waals surface area contributed by atoms with Crippen LogP contribution in [0.25, 0.3) is 10.9 Å². The Balaban J connectivity index is 1.70. The molecule has 2 nitrogen and oxygen atoms in total. The largest absolute Gasteiger partial charge is 0.387 e. The Morgan fingerprint density at radius 2 is 1.27 bits per heavy atom. The molecule has 1 heterocycles. The number of aliphatic hydroxyl groups excluding tert-OH is 1. The van der Waals surface area contributed by atoms with Gasteiger partial charge in [-0.25, -0.2) is 4.98 Å². The SMILES string of the molecule is O[C@H](c1ccccc1)[C@H](Sc1ccc2ccccc2n1)c1ccccc1. The van der Waals surface area contributed by atoms with Crippen LogP contribution in [0.3, 0.4) is 0 Å². The zero-order valence-electron chi connectivity index (χ0n) is 14.2. The summed E-state index contributed by atoms with van der Waals surface area (Å²) >= 11 is 1.60. The van der Waals surface area contributed by atoms with Crippen molar-refractivity contribution in [2.75, 3.05) is 0 Å². The minimum atomic E-state index is -0.614. The number of hydrogen-bond acceptors (Lipinski definition) is 3. The third-order valence-electron chi connectivity index (χ3n) is 4.38. The van der Waals surface area contributed by atoms with E-state index in [2.05, 4.69) is 24.3 Å². The molecule has 128 valence electrons. The Kier molecular flexibility index (Phi) is 5.00. The van der Waals surface area contributed by atoms with E-state index in [0.717, 1.165) is 27.1 Å². The number of para-hydroxylation sites is 1. The van der Waals surface area contributed by atoms with Crippen LogP contribution in [0.5, 0.6) is 0 Å². The fourth-order valence-electron chi connectivity index (χ4n) is 3.03. The van der Waals surface area contributed by atoms with Crippen molar-refractivity contribution < 1.29 is 5.11 Å². The summed E-state index contributed by atoms with van der Waals surface area (Å²) in [5, 5.41) is 13.0. The molecular weight excluding hydrogens is 338 g/mol. The second-order valence-corrected chi connectivity index (χ2v) is 7.31. The molecule has 0 saturated heterocycles. The van der Waals surface area contributed by atoms with E-state index < -0.39 is 6.10 Å². The summed E-state index contributed by atoms with van der Waals surface area (Å²) in [6.07, 6.45) is -0.614. The maximum atomic E-state index is 11.1. The summed E-state index contributed by atoms with van der Waals surface area (Å²) in [6, 6.07) is 32.2. The highest BCUT2D eigenvalue weighted by Crippen LogP contribution is 2.43. The summed E-state index contributed by atoms with van der Waals surface area (Å²) in [5.74, 6) is 0. The molecule has 0 aliphatic carbocycles. The van der Waals surface area contributed by atoms with Gasteiger partial charge >= 0.3 is 0 Å². The highest BCUT2D eigenvalue weighted by molar-refractivity contribution is 7.99. The summed E-state index contributed by atoms with van der Waals surface area (Å²) in [4.78, 5) is 4.77. The van der Waals surface area contributed by atoms with Gasteiger partial charge in [0.15, 0.2) is 0 Å². The minimum Gasteiger partial charge on any atom is -0.387 e. The summed E-state index contributed by atoms with van der Waals surface area (Å²) in [7, 11) is 0. The quantitative estimate of drug-likeness (QED) is 0.458. The van der Waals surface area contributed by atoms with Gasteiger partial charge in [-0.3, -0.25) is 0 Å². The zero-order chi connectivity index (χ0) is 17.8.